The molecule has 11 heteroatoms. The first-order valence-corrected chi connectivity index (χ1v) is 9.75. The number of carbonyl (C=O) groups is 1. The topological polar surface area (TPSA) is 90.6 Å². The lowest BCUT2D eigenvalue weighted by Crippen LogP contribution is -2.16. The minimum absolute atomic E-state index is 0.159. The Balaban J connectivity index is 1.94. The zero-order valence-electron chi connectivity index (χ0n) is 15.1. The third-order valence-electron chi connectivity index (χ3n) is 4.32. The van der Waals surface area contributed by atoms with Gasteiger partial charge in [0.15, 0.2) is 5.65 Å². The molecule has 0 unspecified atom stereocenters. The fraction of sp³-hybridized carbons (Fsp3) is 0.222. The van der Waals surface area contributed by atoms with E-state index in [1.807, 2.05) is 6.92 Å². The number of amides is 1. The Morgan fingerprint density at radius 3 is 2.72 bits per heavy atom. The fourth-order valence-electron chi connectivity index (χ4n) is 3.02. The van der Waals surface area contributed by atoms with Gasteiger partial charge < -0.3 is 10.1 Å². The Morgan fingerprint density at radius 2 is 2.03 bits per heavy atom. The first kappa shape index (κ1) is 19.2. The summed E-state index contributed by atoms with van der Waals surface area (Å²) in [4.78, 5) is 20.5. The van der Waals surface area contributed by atoms with Gasteiger partial charge in [-0.3, -0.25) is 4.79 Å². The first-order chi connectivity index (χ1) is 13.8. The van der Waals surface area contributed by atoms with Crippen LogP contribution in [-0.2, 0) is 11.9 Å². The van der Waals surface area contributed by atoms with Gasteiger partial charge in [-0.25, -0.2) is 14.5 Å². The largest absolute Gasteiger partial charge is 0.417 e. The Labute approximate surface area is 166 Å². The third-order valence-corrected chi connectivity index (χ3v) is 5.21. The van der Waals surface area contributed by atoms with Crippen molar-refractivity contribution in [3.8, 4) is 11.3 Å². The Kier molecular flexibility index (Phi) is 4.69. The zero-order valence-corrected chi connectivity index (χ0v) is 16.0. The van der Waals surface area contributed by atoms with Crippen molar-refractivity contribution in [2.45, 2.75) is 18.9 Å². The molecule has 0 aliphatic carbocycles. The van der Waals surface area contributed by atoms with E-state index in [1.165, 1.54) is 33.4 Å². The highest BCUT2D eigenvalue weighted by Gasteiger charge is 2.31. The second-order valence-electron chi connectivity index (χ2n) is 6.20. The SMILES string of the molecule is CCSCc1nn2c(C(N)=O)ccnc2c1-c1cn2cc(C(F)(F)F)ccc2n1. The summed E-state index contributed by atoms with van der Waals surface area (Å²) in [5, 5.41) is 4.48. The molecule has 0 atom stereocenters. The van der Waals surface area contributed by atoms with Crippen LogP contribution in [0.15, 0.2) is 36.8 Å². The van der Waals surface area contributed by atoms with Crippen LogP contribution < -0.4 is 5.73 Å². The van der Waals surface area contributed by atoms with Crippen LogP contribution in [0, 0.1) is 0 Å². The van der Waals surface area contributed by atoms with E-state index < -0.39 is 17.6 Å². The molecule has 4 aromatic rings. The zero-order chi connectivity index (χ0) is 20.8. The van der Waals surface area contributed by atoms with Gasteiger partial charge in [0.2, 0.25) is 0 Å². The van der Waals surface area contributed by atoms with E-state index >= 15 is 0 Å². The van der Waals surface area contributed by atoms with Crippen LogP contribution in [0.3, 0.4) is 0 Å². The number of primary amides is 1. The van der Waals surface area contributed by atoms with Gasteiger partial charge in [0.25, 0.3) is 5.91 Å². The van der Waals surface area contributed by atoms with Crippen molar-refractivity contribution in [2.75, 3.05) is 5.75 Å². The van der Waals surface area contributed by atoms with Crippen LogP contribution in [0.4, 0.5) is 13.2 Å². The molecule has 4 heterocycles. The van der Waals surface area contributed by atoms with E-state index in [-0.39, 0.29) is 5.69 Å². The summed E-state index contributed by atoms with van der Waals surface area (Å²) in [7, 11) is 0. The molecule has 0 radical (unpaired) electrons. The molecule has 4 rings (SSSR count). The maximum absolute atomic E-state index is 13.0. The lowest BCUT2D eigenvalue weighted by atomic mass is 10.2. The number of imidazole rings is 1. The molecule has 7 nitrogen and oxygen atoms in total. The van der Waals surface area contributed by atoms with E-state index in [0.29, 0.717) is 34.0 Å². The highest BCUT2D eigenvalue weighted by atomic mass is 32.2. The number of alkyl halides is 3. The van der Waals surface area contributed by atoms with E-state index in [4.69, 9.17) is 5.73 Å². The van der Waals surface area contributed by atoms with Crippen molar-refractivity contribution in [3.63, 3.8) is 0 Å². The molecular weight excluding hydrogens is 405 g/mol. The van der Waals surface area contributed by atoms with Crippen LogP contribution in [0.2, 0.25) is 0 Å². The maximum atomic E-state index is 13.0. The van der Waals surface area contributed by atoms with Crippen LogP contribution in [-0.4, -0.2) is 35.6 Å². The summed E-state index contributed by atoms with van der Waals surface area (Å²) in [5.41, 5.74) is 7.15. The van der Waals surface area contributed by atoms with Crippen molar-refractivity contribution >= 4 is 29.0 Å². The third kappa shape index (κ3) is 3.41. The number of nitrogens with two attached hydrogens (primary N) is 1. The van der Waals surface area contributed by atoms with E-state index in [2.05, 4.69) is 15.1 Å². The van der Waals surface area contributed by atoms with Crippen molar-refractivity contribution in [1.29, 1.82) is 0 Å². The summed E-state index contributed by atoms with van der Waals surface area (Å²) < 4.78 is 41.7. The number of carbonyl (C=O) groups excluding carboxylic acids is 1. The minimum Gasteiger partial charge on any atom is -0.364 e. The van der Waals surface area contributed by atoms with Gasteiger partial charge >= 0.3 is 6.18 Å². The molecule has 29 heavy (non-hydrogen) atoms. The number of nitrogens with zero attached hydrogens (tertiary/aromatic N) is 5. The second-order valence-corrected chi connectivity index (χ2v) is 7.47. The molecule has 1 amide bonds. The van der Waals surface area contributed by atoms with Gasteiger partial charge in [-0.2, -0.15) is 30.0 Å². The van der Waals surface area contributed by atoms with Crippen LogP contribution in [0.25, 0.3) is 22.6 Å². The van der Waals surface area contributed by atoms with Gasteiger partial charge in [0.05, 0.1) is 22.5 Å². The monoisotopic (exact) mass is 420 g/mol. The van der Waals surface area contributed by atoms with Gasteiger partial charge in [-0.15, -0.1) is 0 Å². The molecule has 0 fully saturated rings. The van der Waals surface area contributed by atoms with Crippen LogP contribution >= 0.6 is 11.8 Å². The minimum atomic E-state index is -4.45. The quantitative estimate of drug-likeness (QED) is 0.534. The number of aromatic nitrogens is 5. The lowest BCUT2D eigenvalue weighted by Gasteiger charge is -2.05. The van der Waals surface area contributed by atoms with Crippen LogP contribution in [0.1, 0.15) is 28.7 Å². The number of hydrogen-bond acceptors (Lipinski definition) is 5. The predicted octanol–water partition coefficient (Wildman–Crippen LogP) is 3.41. The second kappa shape index (κ2) is 7.07. The van der Waals surface area contributed by atoms with Crippen molar-refractivity contribution in [1.82, 2.24) is 24.0 Å². The summed E-state index contributed by atoms with van der Waals surface area (Å²) >= 11 is 1.61. The van der Waals surface area contributed by atoms with Gasteiger partial charge in [-0.05, 0) is 24.0 Å². The summed E-state index contributed by atoms with van der Waals surface area (Å²) in [6.07, 6.45) is -0.528. The average Bonchev–Trinajstić information content (AvgIpc) is 3.24. The predicted molar refractivity (Wildman–Crippen MR) is 103 cm³/mol. The molecule has 0 spiro atoms. The van der Waals surface area contributed by atoms with Gasteiger partial charge in [0.1, 0.15) is 11.3 Å². The average molecular weight is 420 g/mol. The molecule has 0 aliphatic rings. The van der Waals surface area contributed by atoms with Gasteiger partial charge in [0, 0.05) is 24.3 Å². The fourth-order valence-corrected chi connectivity index (χ4v) is 3.62. The summed E-state index contributed by atoms with van der Waals surface area (Å²) in [5.74, 6) is 0.699. The van der Waals surface area contributed by atoms with E-state index in [0.717, 1.165) is 18.0 Å². The molecule has 0 aromatic carbocycles. The number of halogens is 3. The highest BCUT2D eigenvalue weighted by molar-refractivity contribution is 7.98. The van der Waals surface area contributed by atoms with E-state index in [1.54, 1.807) is 11.8 Å². The molecule has 0 saturated carbocycles. The molecule has 150 valence electrons. The summed E-state index contributed by atoms with van der Waals surface area (Å²) in [6, 6.07) is 3.75. The highest BCUT2D eigenvalue weighted by Crippen LogP contribution is 2.32. The standard InChI is InChI=1S/C18H15F3N6OS/c1-2-29-9-12-15(17-23-6-5-13(16(22)28)27(17)25-12)11-8-26-7-10(18(19,20)21)3-4-14(26)24-11/h3-8H,2,9H2,1H3,(H2,22,28). The van der Waals surface area contributed by atoms with Crippen molar-refractivity contribution in [3.05, 3.63) is 53.7 Å². The Bertz CT molecular complexity index is 1230. The van der Waals surface area contributed by atoms with Crippen molar-refractivity contribution in [2.24, 2.45) is 5.73 Å². The normalized spacial score (nSPS) is 12.1. The molecular formula is C18H15F3N6OS. The molecule has 0 bridgehead atoms. The van der Waals surface area contributed by atoms with Crippen molar-refractivity contribution < 1.29 is 18.0 Å². The van der Waals surface area contributed by atoms with Crippen LogP contribution in [0.5, 0.6) is 0 Å². The number of hydrogen-bond donors (Lipinski definition) is 1. The number of rotatable bonds is 5. The summed E-state index contributed by atoms with van der Waals surface area (Å²) in [6.45, 7) is 2.00. The lowest BCUT2D eigenvalue weighted by molar-refractivity contribution is -0.137. The Morgan fingerprint density at radius 1 is 1.24 bits per heavy atom. The van der Waals surface area contributed by atoms with Gasteiger partial charge in [-0.1, -0.05) is 6.92 Å². The smallest absolute Gasteiger partial charge is 0.364 e. The maximum Gasteiger partial charge on any atom is 0.417 e. The van der Waals surface area contributed by atoms with E-state index in [9.17, 15) is 18.0 Å². The number of pyridine rings is 1. The molecule has 0 saturated heterocycles. The number of thioether (sulfide) groups is 1. The number of fused-ring (bicyclic) bond motifs is 2. The molecule has 2 N–H and O–H groups in total. The Hall–Kier alpha value is -3.08. The molecule has 0 aliphatic heterocycles. The molecule has 4 aromatic heterocycles. The first-order valence-electron chi connectivity index (χ1n) is 8.60.